The molecule has 1 aromatic rings. The highest BCUT2D eigenvalue weighted by atomic mass is 32.2. The summed E-state index contributed by atoms with van der Waals surface area (Å²) in [5, 5.41) is 76.7. The zero-order valence-electron chi connectivity index (χ0n) is 80.9. The maximum absolute atomic E-state index is 15.5. The number of hydrogen-bond donors (Lipinski definition) is 26. The summed E-state index contributed by atoms with van der Waals surface area (Å²) in [5.74, 6) is -31.7. The third-order valence-corrected chi connectivity index (χ3v) is 29.0. The largest absolute Gasteiger partial charge is 0.391 e. The van der Waals surface area contributed by atoms with Crippen molar-refractivity contribution in [3.63, 3.8) is 0 Å². The van der Waals surface area contributed by atoms with E-state index in [9.17, 15) is 101 Å². The van der Waals surface area contributed by atoms with E-state index in [0.29, 0.717) is 35.5 Å². The second-order valence-corrected chi connectivity index (χ2v) is 40.9. The number of aliphatic hydroxyl groups excluding tert-OH is 2. The van der Waals surface area contributed by atoms with Crippen molar-refractivity contribution in [3.8, 4) is 0 Å². The quantitative estimate of drug-likeness (QED) is 0.0508. The molecule has 28 N–H and O–H groups in total. The Morgan fingerprint density at radius 1 is 0.549 bits per heavy atom. The van der Waals surface area contributed by atoms with Crippen LogP contribution in [-0.2, 0) is 121 Å². The molecule has 4 bridgehead atoms. The molecule has 0 spiro atoms. The highest BCUT2D eigenvalue weighted by molar-refractivity contribution is 8.02. The molecule has 24 amide bonds. The van der Waals surface area contributed by atoms with Crippen molar-refractivity contribution < 1.29 is 125 Å². The van der Waals surface area contributed by atoms with Crippen LogP contribution in [0.5, 0.6) is 0 Å². The molecule has 0 aromatic heterocycles. The number of nitrogens with one attached hydrogen (secondary N) is 22. The molecular formula is C88H129N25O26S5. The Kier molecular flexibility index (Phi) is 47.4. The topological polar surface area (TPSA) is 770 Å². The molecule has 0 radical (unpaired) electrons. The summed E-state index contributed by atoms with van der Waals surface area (Å²) in [6.07, 6.45) is -1.99. The van der Waals surface area contributed by atoms with E-state index in [2.05, 4.69) is 124 Å². The third-order valence-electron chi connectivity index (χ3n) is 23.4. The van der Waals surface area contributed by atoms with E-state index >= 15 is 24.0 Å². The molecule has 22 atom stereocenters. The average Bonchev–Trinajstić information content (AvgIpc) is 1.73. The molecule has 56 heteroatoms. The van der Waals surface area contributed by atoms with Gasteiger partial charge in [-0.1, -0.05) is 104 Å². The van der Waals surface area contributed by atoms with E-state index in [1.165, 1.54) is 31.5 Å². The van der Waals surface area contributed by atoms with Crippen molar-refractivity contribution in [1.29, 1.82) is 0 Å². The van der Waals surface area contributed by atoms with Gasteiger partial charge in [-0.05, 0) is 55.9 Å². The number of primary amides is 1. The SMILES string of the molecule is C=C1NC(=O)C(C(C)CC)NC(=O)C(NC(=O)/C(=C/C)NC(=O)C(N)C(C)CC)CSCC(C(=O)NC2C(=O)N3CC(O)CC3C(=O)NCC(=O)NC(C(=O)NC(C(=O)NC3CSCC4NC(=O)C(CC(N)=O)NC(=O)C(CSCC5NC(=O)C(Cc6ccccc6)NC(=O)C(CSC=CNC5=O)NC4=O)NC(=O)CNC(=O)CNC(=O)CNC(=O)C(C)NC3=O)C(C)O)CSC2C)NC(=O)C(CC(C)C)NC1=O. The maximum atomic E-state index is 15.5. The van der Waals surface area contributed by atoms with Crippen LogP contribution in [0.3, 0.4) is 0 Å². The minimum atomic E-state index is -2.19. The number of rotatable bonds is 21. The Bertz CT molecular complexity index is 5000. The lowest BCUT2D eigenvalue weighted by atomic mass is 9.97. The van der Waals surface area contributed by atoms with Gasteiger partial charge in [-0.2, -0.15) is 47.0 Å². The van der Waals surface area contributed by atoms with Crippen molar-refractivity contribution in [3.05, 3.63) is 71.6 Å². The second kappa shape index (κ2) is 57.7. The molecule has 22 unspecified atom stereocenters. The smallest absolute Gasteiger partial charge is 0.268 e. The van der Waals surface area contributed by atoms with E-state index in [1.807, 2.05) is 0 Å². The Hall–Kier alpha value is -12.6. The summed E-state index contributed by atoms with van der Waals surface area (Å²) in [4.78, 5) is 345. The maximum Gasteiger partial charge on any atom is 0.268 e. The van der Waals surface area contributed by atoms with Gasteiger partial charge < -0.3 is 144 Å². The van der Waals surface area contributed by atoms with E-state index in [4.69, 9.17) is 11.5 Å². The van der Waals surface area contributed by atoms with Crippen LogP contribution < -0.4 is 128 Å². The molecular weight excluding hydrogens is 1980 g/mol. The second-order valence-electron chi connectivity index (χ2n) is 35.3. The molecule has 6 aliphatic heterocycles. The first-order chi connectivity index (χ1) is 68.1. The van der Waals surface area contributed by atoms with Gasteiger partial charge in [0.15, 0.2) is 0 Å². The van der Waals surface area contributed by atoms with Gasteiger partial charge in [-0.3, -0.25) is 115 Å². The van der Waals surface area contributed by atoms with Crippen LogP contribution in [0.2, 0.25) is 0 Å². The zero-order valence-corrected chi connectivity index (χ0v) is 85.0. The first-order valence-corrected chi connectivity index (χ1v) is 51.9. The fourth-order valence-electron chi connectivity index (χ4n) is 14.6. The van der Waals surface area contributed by atoms with E-state index < -0.39 is 354 Å². The normalized spacial score (nSPS) is 27.9. The number of carbonyl (C=O) groups excluding carboxylic acids is 24. The number of amides is 24. The van der Waals surface area contributed by atoms with Crippen LogP contribution in [0.1, 0.15) is 107 Å². The van der Waals surface area contributed by atoms with Crippen LogP contribution in [0.15, 0.2) is 66.0 Å². The highest BCUT2D eigenvalue weighted by Gasteiger charge is 2.47. The molecule has 6 heterocycles. The highest BCUT2D eigenvalue weighted by Crippen LogP contribution is 2.27. The van der Waals surface area contributed by atoms with Gasteiger partial charge in [0.2, 0.25) is 130 Å². The van der Waals surface area contributed by atoms with Crippen molar-refractivity contribution >= 4 is 201 Å². The Labute approximate surface area is 850 Å². The standard InChI is InChI=1S/C88H129N25O26S5/c1-12-40(6)66(90)85(136)100-48(14-3)73(124)105-57-36-143-37-58(107-74(125)49(22-39(4)5)101-71(122)43(9)97-86(137)67(41(7)13-2)110-81(57)132)82(133)112-69-45(11)144-38-59(99-65(120)29-95-84(135)60-24-47(115)30-113(60)88(69)139)83(134)111-68(44(10)114)87(138)109-55-34-142-35-56-80(131)108-54-31-140-21-20-91-72(123)52(104-75(126)50(102-79(54)130)23-46-18-16-15-17-19-46)32-141-33-53(78(129)103-51(25-61(89)116)76(127)106-56)98-64(119)28-93-62(117)26-92-63(118)27-94-70(121)42(8)96-77(55)128/h14-21,39-42,44-45,47,49-60,66-69,114-115H,9,12-13,22-38,90H2,1-8,10-11H3,(H2,89,116)(H,91,123)(H,92,118)(H,93,117)(H,94,121)(H,95,135)(H,96,128)(H,97,137)(H,98,119)(H,99,120)(H,100,136)(H,101,122)(H,102,130)(H,103,129)(H,104,126)(H,105,124)(H,106,127)(H,107,125)(H,108,131)(H,109,138)(H,110,132)(H,111,134)(H,112,133)/b21-20?,48-14-. The van der Waals surface area contributed by atoms with Gasteiger partial charge >= 0.3 is 0 Å². The molecule has 6 aliphatic rings. The zero-order chi connectivity index (χ0) is 107. The molecule has 0 aliphatic carbocycles. The van der Waals surface area contributed by atoms with Crippen molar-refractivity contribution in [2.45, 2.75) is 228 Å². The number of nitrogens with zero attached hydrogens (tertiary/aromatic N) is 1. The van der Waals surface area contributed by atoms with Crippen molar-refractivity contribution in [2.75, 3.05) is 78.7 Å². The van der Waals surface area contributed by atoms with Gasteiger partial charge in [-0.25, -0.2) is 0 Å². The number of benzene rings is 1. The van der Waals surface area contributed by atoms with Gasteiger partial charge in [0, 0.05) is 76.9 Å². The lowest BCUT2D eigenvalue weighted by molar-refractivity contribution is -0.142. The summed E-state index contributed by atoms with van der Waals surface area (Å²) < 4.78 is 0. The molecule has 792 valence electrons. The predicted molar refractivity (Wildman–Crippen MR) is 528 cm³/mol. The first kappa shape index (κ1) is 118. The molecule has 5 saturated heterocycles. The van der Waals surface area contributed by atoms with Crippen LogP contribution in [-0.4, -0.2) is 356 Å². The van der Waals surface area contributed by atoms with E-state index in [0.717, 1.165) is 54.0 Å². The monoisotopic (exact) mass is 2110 g/mol. The fraction of sp³-hybridized carbons (Fsp3) is 0.591. The summed E-state index contributed by atoms with van der Waals surface area (Å²) in [7, 11) is 0. The number of carbonyl (C=O) groups is 24. The minimum Gasteiger partial charge on any atom is -0.391 e. The van der Waals surface area contributed by atoms with Crippen LogP contribution >= 0.6 is 58.8 Å². The molecule has 5 fully saturated rings. The Morgan fingerprint density at radius 2 is 1.09 bits per heavy atom. The first-order valence-electron chi connectivity index (χ1n) is 46.4. The van der Waals surface area contributed by atoms with Gasteiger partial charge in [0.05, 0.1) is 56.5 Å². The Balaban J connectivity index is 1.26. The summed E-state index contributed by atoms with van der Waals surface area (Å²) in [6, 6.07) is -20.8. The van der Waals surface area contributed by atoms with Crippen molar-refractivity contribution in [1.82, 2.24) is 122 Å². The van der Waals surface area contributed by atoms with E-state index in [-0.39, 0.29) is 48.3 Å². The number of allylic oxidation sites excluding steroid dienone is 1. The number of hydrogen-bond acceptors (Lipinski definition) is 32. The summed E-state index contributed by atoms with van der Waals surface area (Å²) in [6.45, 7) is 14.8. The molecule has 144 heavy (non-hydrogen) atoms. The van der Waals surface area contributed by atoms with Gasteiger partial charge in [-0.15, -0.1) is 11.8 Å². The molecule has 1 aromatic carbocycles. The number of aliphatic hydroxyl groups is 2. The third kappa shape index (κ3) is 36.9. The Morgan fingerprint density at radius 3 is 1.72 bits per heavy atom. The lowest BCUT2D eigenvalue weighted by Gasteiger charge is -2.33. The van der Waals surface area contributed by atoms with Crippen LogP contribution in [0.25, 0.3) is 0 Å². The number of thioether (sulfide) groups is 5. The average molecular weight is 2110 g/mol. The van der Waals surface area contributed by atoms with Crippen LogP contribution in [0, 0.1) is 17.8 Å². The lowest BCUT2D eigenvalue weighted by Crippen LogP contribution is -2.62. The van der Waals surface area contributed by atoms with Crippen LogP contribution in [0.4, 0.5) is 0 Å². The van der Waals surface area contributed by atoms with Gasteiger partial charge in [0.1, 0.15) is 102 Å². The number of nitrogens with two attached hydrogens (primary N) is 2. The van der Waals surface area contributed by atoms with Crippen molar-refractivity contribution in [2.24, 2.45) is 29.2 Å². The molecule has 51 nitrogen and oxygen atoms in total. The van der Waals surface area contributed by atoms with Gasteiger partial charge in [0.25, 0.3) is 11.8 Å². The fourth-order valence-corrected chi connectivity index (χ4v) is 19.7. The molecule has 7 rings (SSSR count). The summed E-state index contributed by atoms with van der Waals surface area (Å²) in [5.41, 5.74) is 11.4. The summed E-state index contributed by atoms with van der Waals surface area (Å²) >= 11 is 3.70. The molecule has 0 saturated carbocycles. The predicted octanol–water partition coefficient (Wildman–Crippen LogP) is -11.0. The number of fused-ring (bicyclic) bond motifs is 13. The minimum absolute atomic E-state index is 0.114. The van der Waals surface area contributed by atoms with E-state index in [1.54, 1.807) is 71.9 Å².